The SMILES string of the molecule is CN(C)c1cccc(-c2cccc3nc(Nc4ccccc4)nn23)c1. The molecule has 4 aromatic rings. The smallest absolute Gasteiger partial charge is 0.247 e. The average molecular weight is 329 g/mol. The van der Waals surface area contributed by atoms with Crippen molar-refractivity contribution in [1.82, 2.24) is 14.6 Å². The number of hydrogen-bond acceptors (Lipinski definition) is 4. The van der Waals surface area contributed by atoms with Gasteiger partial charge < -0.3 is 10.2 Å². The van der Waals surface area contributed by atoms with Crippen molar-refractivity contribution < 1.29 is 0 Å². The number of benzene rings is 2. The van der Waals surface area contributed by atoms with Gasteiger partial charge in [-0.1, -0.05) is 36.4 Å². The van der Waals surface area contributed by atoms with Crippen molar-refractivity contribution in [2.24, 2.45) is 0 Å². The van der Waals surface area contributed by atoms with Gasteiger partial charge in [0.25, 0.3) is 0 Å². The molecule has 5 nitrogen and oxygen atoms in total. The zero-order chi connectivity index (χ0) is 17.2. The predicted octanol–water partition coefficient (Wildman–Crippen LogP) is 4.21. The van der Waals surface area contributed by atoms with Gasteiger partial charge in [0.05, 0.1) is 5.69 Å². The molecule has 2 heterocycles. The van der Waals surface area contributed by atoms with Crippen LogP contribution in [0.5, 0.6) is 0 Å². The fourth-order valence-electron chi connectivity index (χ4n) is 2.77. The first kappa shape index (κ1) is 15.2. The maximum absolute atomic E-state index is 4.64. The van der Waals surface area contributed by atoms with Gasteiger partial charge in [-0.15, -0.1) is 5.10 Å². The van der Waals surface area contributed by atoms with Crippen molar-refractivity contribution >= 4 is 23.0 Å². The van der Waals surface area contributed by atoms with Crippen LogP contribution in [0.4, 0.5) is 17.3 Å². The number of rotatable bonds is 4. The maximum Gasteiger partial charge on any atom is 0.247 e. The molecule has 0 saturated carbocycles. The van der Waals surface area contributed by atoms with Crippen LogP contribution in [0.3, 0.4) is 0 Å². The summed E-state index contributed by atoms with van der Waals surface area (Å²) in [6.07, 6.45) is 0. The highest BCUT2D eigenvalue weighted by molar-refractivity contribution is 5.68. The Balaban J connectivity index is 1.76. The number of anilines is 3. The van der Waals surface area contributed by atoms with Gasteiger partial charge in [-0.05, 0) is 36.4 Å². The molecule has 0 bridgehead atoms. The van der Waals surface area contributed by atoms with Gasteiger partial charge in [0.1, 0.15) is 0 Å². The van der Waals surface area contributed by atoms with Crippen LogP contribution in [-0.4, -0.2) is 28.7 Å². The number of nitrogens with one attached hydrogen (secondary N) is 1. The zero-order valence-corrected chi connectivity index (χ0v) is 14.2. The molecule has 0 aliphatic rings. The summed E-state index contributed by atoms with van der Waals surface area (Å²) in [5.74, 6) is 0.586. The van der Waals surface area contributed by atoms with Crippen molar-refractivity contribution in [2.45, 2.75) is 0 Å². The predicted molar refractivity (Wildman–Crippen MR) is 102 cm³/mol. The van der Waals surface area contributed by atoms with Gasteiger partial charge in [-0.25, -0.2) is 4.52 Å². The molecular formula is C20H19N5. The minimum atomic E-state index is 0.586. The van der Waals surface area contributed by atoms with Gasteiger partial charge in [0, 0.05) is 31.0 Å². The molecule has 25 heavy (non-hydrogen) atoms. The molecule has 0 unspecified atom stereocenters. The van der Waals surface area contributed by atoms with E-state index in [9.17, 15) is 0 Å². The summed E-state index contributed by atoms with van der Waals surface area (Å²) in [7, 11) is 4.08. The van der Waals surface area contributed by atoms with E-state index in [0.29, 0.717) is 5.95 Å². The Morgan fingerprint density at radius 1 is 0.880 bits per heavy atom. The Morgan fingerprint density at radius 3 is 2.48 bits per heavy atom. The Bertz CT molecular complexity index is 1000. The molecule has 2 aromatic heterocycles. The van der Waals surface area contributed by atoms with Gasteiger partial charge in [0.15, 0.2) is 5.65 Å². The number of hydrogen-bond donors (Lipinski definition) is 1. The average Bonchev–Trinajstić information content (AvgIpc) is 3.05. The molecule has 0 radical (unpaired) electrons. The van der Waals surface area contributed by atoms with E-state index in [2.05, 4.69) is 50.6 Å². The fourth-order valence-corrected chi connectivity index (χ4v) is 2.77. The van der Waals surface area contributed by atoms with E-state index >= 15 is 0 Å². The Hall–Kier alpha value is -3.34. The molecular weight excluding hydrogens is 310 g/mol. The largest absolute Gasteiger partial charge is 0.378 e. The summed E-state index contributed by atoms with van der Waals surface area (Å²) < 4.78 is 1.88. The highest BCUT2D eigenvalue weighted by Crippen LogP contribution is 2.25. The molecule has 0 spiro atoms. The second-order valence-corrected chi connectivity index (χ2v) is 6.05. The molecule has 4 rings (SSSR count). The van der Waals surface area contributed by atoms with Crippen LogP contribution >= 0.6 is 0 Å². The maximum atomic E-state index is 4.64. The molecule has 124 valence electrons. The third kappa shape index (κ3) is 3.04. The number of nitrogens with zero attached hydrogens (tertiary/aromatic N) is 4. The Labute approximate surface area is 146 Å². The molecule has 0 aliphatic heterocycles. The van der Waals surface area contributed by atoms with E-state index in [1.54, 1.807) is 0 Å². The fraction of sp³-hybridized carbons (Fsp3) is 0.100. The van der Waals surface area contributed by atoms with Gasteiger partial charge in [0.2, 0.25) is 5.95 Å². The molecule has 5 heteroatoms. The Kier molecular flexibility index (Phi) is 3.82. The standard InChI is InChI=1S/C20H19N5/c1-24(2)17-11-6-8-15(14-17)18-12-7-13-19-22-20(23-25(18)19)21-16-9-4-3-5-10-16/h3-14H,1-2H3,(H,21,23). The monoisotopic (exact) mass is 329 g/mol. The van der Waals surface area contributed by atoms with E-state index in [1.807, 2.05) is 61.1 Å². The van der Waals surface area contributed by atoms with E-state index in [4.69, 9.17) is 0 Å². The number of fused-ring (bicyclic) bond motifs is 1. The molecule has 0 aliphatic carbocycles. The second kappa shape index (κ2) is 6.28. The lowest BCUT2D eigenvalue weighted by Crippen LogP contribution is -2.08. The van der Waals surface area contributed by atoms with Crippen LogP contribution in [0, 0.1) is 0 Å². The second-order valence-electron chi connectivity index (χ2n) is 6.05. The van der Waals surface area contributed by atoms with Crippen LogP contribution in [0.2, 0.25) is 0 Å². The lowest BCUT2D eigenvalue weighted by atomic mass is 10.1. The van der Waals surface area contributed by atoms with Gasteiger partial charge >= 0.3 is 0 Å². The topological polar surface area (TPSA) is 45.5 Å². The van der Waals surface area contributed by atoms with E-state index in [1.165, 1.54) is 0 Å². The zero-order valence-electron chi connectivity index (χ0n) is 14.2. The normalized spacial score (nSPS) is 10.8. The van der Waals surface area contributed by atoms with Gasteiger partial charge in [-0.3, -0.25) is 0 Å². The first-order chi connectivity index (χ1) is 12.2. The molecule has 2 aromatic carbocycles. The lowest BCUT2D eigenvalue weighted by molar-refractivity contribution is 0.973. The van der Waals surface area contributed by atoms with Crippen molar-refractivity contribution in [3.8, 4) is 11.3 Å². The number of para-hydroxylation sites is 1. The summed E-state index contributed by atoms with van der Waals surface area (Å²) in [6, 6.07) is 24.4. The number of aromatic nitrogens is 3. The molecule has 1 N–H and O–H groups in total. The summed E-state index contributed by atoms with van der Waals surface area (Å²) in [5.41, 5.74) is 5.04. The van der Waals surface area contributed by atoms with Gasteiger partial charge in [-0.2, -0.15) is 4.98 Å². The highest BCUT2D eigenvalue weighted by Gasteiger charge is 2.10. The number of pyridine rings is 1. The summed E-state index contributed by atoms with van der Waals surface area (Å²) in [5, 5.41) is 7.89. The molecule has 0 saturated heterocycles. The minimum Gasteiger partial charge on any atom is -0.378 e. The van der Waals surface area contributed by atoms with Crippen molar-refractivity contribution in [1.29, 1.82) is 0 Å². The lowest BCUT2D eigenvalue weighted by Gasteiger charge is -2.13. The van der Waals surface area contributed by atoms with E-state index < -0.39 is 0 Å². The summed E-state index contributed by atoms with van der Waals surface area (Å²) in [6.45, 7) is 0. The molecule has 0 fully saturated rings. The van der Waals surface area contributed by atoms with Crippen LogP contribution in [0.1, 0.15) is 0 Å². The van der Waals surface area contributed by atoms with Crippen LogP contribution in [0.15, 0.2) is 72.8 Å². The first-order valence-electron chi connectivity index (χ1n) is 8.16. The van der Waals surface area contributed by atoms with Crippen molar-refractivity contribution in [3.05, 3.63) is 72.8 Å². The summed E-state index contributed by atoms with van der Waals surface area (Å²) in [4.78, 5) is 6.67. The van der Waals surface area contributed by atoms with E-state index in [-0.39, 0.29) is 0 Å². The van der Waals surface area contributed by atoms with Crippen LogP contribution < -0.4 is 10.2 Å². The highest BCUT2D eigenvalue weighted by atomic mass is 15.4. The third-order valence-electron chi connectivity index (χ3n) is 4.05. The quantitative estimate of drug-likeness (QED) is 0.609. The summed E-state index contributed by atoms with van der Waals surface area (Å²) >= 11 is 0. The molecule has 0 amide bonds. The third-order valence-corrected chi connectivity index (χ3v) is 4.05. The van der Waals surface area contributed by atoms with E-state index in [0.717, 1.165) is 28.3 Å². The minimum absolute atomic E-state index is 0.586. The molecule has 0 atom stereocenters. The van der Waals surface area contributed by atoms with Crippen LogP contribution in [-0.2, 0) is 0 Å². The Morgan fingerprint density at radius 2 is 1.68 bits per heavy atom. The van der Waals surface area contributed by atoms with Crippen LogP contribution in [0.25, 0.3) is 16.9 Å². The first-order valence-corrected chi connectivity index (χ1v) is 8.16. The van der Waals surface area contributed by atoms with Crippen molar-refractivity contribution in [2.75, 3.05) is 24.3 Å². The van der Waals surface area contributed by atoms with Crippen molar-refractivity contribution in [3.63, 3.8) is 0 Å².